The van der Waals surface area contributed by atoms with Gasteiger partial charge in [0.15, 0.2) is 0 Å². The zero-order valence-corrected chi connectivity index (χ0v) is 11.1. The Bertz CT molecular complexity index is 282. The van der Waals surface area contributed by atoms with Crippen molar-refractivity contribution in [1.29, 1.82) is 0 Å². The minimum atomic E-state index is -0.591. The molecular formula is C9H12BrClO2S. The van der Waals surface area contributed by atoms with Gasteiger partial charge in [-0.25, -0.2) is 0 Å². The molecule has 0 spiro atoms. The Hall–Kier alpha value is 0.390. The van der Waals surface area contributed by atoms with Crippen LogP contribution in [0.25, 0.3) is 0 Å². The predicted molar refractivity (Wildman–Crippen MR) is 63.1 cm³/mol. The van der Waals surface area contributed by atoms with Gasteiger partial charge in [0.2, 0.25) is 0 Å². The molecule has 1 rings (SSSR count). The first-order valence-electron chi connectivity index (χ1n) is 4.25. The molecule has 2 nitrogen and oxygen atoms in total. The molecule has 0 aliphatic carbocycles. The molecule has 1 N–H and O–H groups in total. The van der Waals surface area contributed by atoms with Crippen LogP contribution < -0.4 is 0 Å². The van der Waals surface area contributed by atoms with Crippen molar-refractivity contribution >= 4 is 38.9 Å². The standard InChI is InChI=1S/C9H12BrClO2S/c1-5(2)13-4-7(12)8-3-6(10)9(11)14-8/h3,5,7,12H,4H2,1-2H3. The average Bonchev–Trinajstić information content (AvgIpc) is 2.43. The zero-order valence-electron chi connectivity index (χ0n) is 7.96. The van der Waals surface area contributed by atoms with Gasteiger partial charge in [0.05, 0.1) is 12.7 Å². The predicted octanol–water partition coefficient (Wildman–Crippen LogP) is 3.62. The van der Waals surface area contributed by atoms with Crippen molar-refractivity contribution in [3.63, 3.8) is 0 Å². The van der Waals surface area contributed by atoms with Gasteiger partial charge in [-0.05, 0) is 35.8 Å². The van der Waals surface area contributed by atoms with Crippen LogP contribution in [0.1, 0.15) is 24.8 Å². The fourth-order valence-electron chi connectivity index (χ4n) is 0.893. The van der Waals surface area contributed by atoms with Crippen molar-refractivity contribution < 1.29 is 9.84 Å². The summed E-state index contributed by atoms with van der Waals surface area (Å²) in [6.07, 6.45) is -0.463. The Morgan fingerprint density at radius 1 is 1.64 bits per heavy atom. The first-order chi connectivity index (χ1) is 6.50. The highest BCUT2D eigenvalue weighted by molar-refractivity contribution is 9.10. The lowest BCUT2D eigenvalue weighted by molar-refractivity contribution is 0.00632. The maximum Gasteiger partial charge on any atom is 0.112 e. The van der Waals surface area contributed by atoms with Gasteiger partial charge < -0.3 is 9.84 Å². The lowest BCUT2D eigenvalue weighted by Gasteiger charge is -2.11. The summed E-state index contributed by atoms with van der Waals surface area (Å²) in [7, 11) is 0. The maximum absolute atomic E-state index is 9.71. The van der Waals surface area contributed by atoms with E-state index in [1.165, 1.54) is 11.3 Å². The number of hydrogen-bond donors (Lipinski definition) is 1. The minimum absolute atomic E-state index is 0.128. The van der Waals surface area contributed by atoms with Crippen molar-refractivity contribution in [2.45, 2.75) is 26.1 Å². The minimum Gasteiger partial charge on any atom is -0.385 e. The van der Waals surface area contributed by atoms with Crippen molar-refractivity contribution in [2.75, 3.05) is 6.61 Å². The summed E-state index contributed by atoms with van der Waals surface area (Å²) in [5.74, 6) is 0. The summed E-state index contributed by atoms with van der Waals surface area (Å²) in [4.78, 5) is 0.822. The van der Waals surface area contributed by atoms with Crippen LogP contribution in [0, 0.1) is 0 Å². The summed E-state index contributed by atoms with van der Waals surface area (Å²) in [5, 5.41) is 9.71. The normalized spacial score (nSPS) is 13.6. The maximum atomic E-state index is 9.71. The average molecular weight is 300 g/mol. The van der Waals surface area contributed by atoms with E-state index in [1.807, 2.05) is 19.9 Å². The zero-order chi connectivity index (χ0) is 10.7. The largest absolute Gasteiger partial charge is 0.385 e. The first-order valence-corrected chi connectivity index (χ1v) is 6.24. The van der Waals surface area contributed by atoms with Crippen LogP contribution in [-0.2, 0) is 4.74 Å². The second kappa shape index (κ2) is 5.47. The van der Waals surface area contributed by atoms with Crippen molar-refractivity contribution in [3.8, 4) is 0 Å². The van der Waals surface area contributed by atoms with Gasteiger partial charge in [-0.2, -0.15) is 0 Å². The molecule has 0 saturated carbocycles. The van der Waals surface area contributed by atoms with E-state index in [4.69, 9.17) is 16.3 Å². The number of aliphatic hydroxyl groups is 1. The molecule has 0 aliphatic heterocycles. The summed E-state index contributed by atoms with van der Waals surface area (Å²) in [6, 6.07) is 1.82. The number of aliphatic hydroxyl groups excluding tert-OH is 1. The van der Waals surface area contributed by atoms with Crippen LogP contribution in [-0.4, -0.2) is 17.8 Å². The molecule has 80 valence electrons. The molecule has 1 unspecified atom stereocenters. The molecule has 1 atom stereocenters. The summed E-state index contributed by atoms with van der Waals surface area (Å²) in [5.41, 5.74) is 0. The van der Waals surface area contributed by atoms with Gasteiger partial charge in [0.1, 0.15) is 10.4 Å². The van der Waals surface area contributed by atoms with E-state index in [0.29, 0.717) is 10.9 Å². The molecule has 14 heavy (non-hydrogen) atoms. The molecule has 1 aromatic heterocycles. The molecule has 0 saturated heterocycles. The summed E-state index contributed by atoms with van der Waals surface area (Å²) >= 11 is 10.5. The van der Waals surface area contributed by atoms with Crippen molar-refractivity contribution in [3.05, 3.63) is 19.8 Å². The highest BCUT2D eigenvalue weighted by atomic mass is 79.9. The van der Waals surface area contributed by atoms with Gasteiger partial charge in [-0.15, -0.1) is 11.3 Å². The number of ether oxygens (including phenoxy) is 1. The van der Waals surface area contributed by atoms with Crippen LogP contribution >= 0.6 is 38.9 Å². The van der Waals surface area contributed by atoms with E-state index < -0.39 is 6.10 Å². The summed E-state index contributed by atoms with van der Waals surface area (Å²) < 4.78 is 6.78. The van der Waals surface area contributed by atoms with Crippen LogP contribution in [0.2, 0.25) is 4.34 Å². The van der Waals surface area contributed by atoms with Gasteiger partial charge in [-0.3, -0.25) is 0 Å². The second-order valence-electron chi connectivity index (χ2n) is 3.17. The van der Waals surface area contributed by atoms with E-state index in [2.05, 4.69) is 15.9 Å². The number of thiophene rings is 1. The van der Waals surface area contributed by atoms with Gasteiger partial charge in [-0.1, -0.05) is 11.6 Å². The third kappa shape index (κ3) is 3.51. The first kappa shape index (κ1) is 12.5. The van der Waals surface area contributed by atoms with Crippen LogP contribution in [0.15, 0.2) is 10.5 Å². The quantitative estimate of drug-likeness (QED) is 0.920. The van der Waals surface area contributed by atoms with Gasteiger partial charge in [0.25, 0.3) is 0 Å². The van der Waals surface area contributed by atoms with Crippen LogP contribution in [0.5, 0.6) is 0 Å². The molecule has 0 radical (unpaired) electrons. The van der Waals surface area contributed by atoms with E-state index in [9.17, 15) is 5.11 Å². The molecular weight excluding hydrogens is 288 g/mol. The summed E-state index contributed by atoms with van der Waals surface area (Å²) in [6.45, 7) is 4.18. The third-order valence-corrected chi connectivity index (χ3v) is 4.16. The Kier molecular flexibility index (Phi) is 4.87. The van der Waals surface area contributed by atoms with Gasteiger partial charge >= 0.3 is 0 Å². The monoisotopic (exact) mass is 298 g/mol. The highest BCUT2D eigenvalue weighted by Crippen LogP contribution is 2.35. The smallest absolute Gasteiger partial charge is 0.112 e. The van der Waals surface area contributed by atoms with Crippen LogP contribution in [0.4, 0.5) is 0 Å². The highest BCUT2D eigenvalue weighted by Gasteiger charge is 2.13. The Labute approximate surface area is 101 Å². The van der Waals surface area contributed by atoms with Crippen LogP contribution in [0.3, 0.4) is 0 Å². The Morgan fingerprint density at radius 2 is 2.29 bits per heavy atom. The third-order valence-electron chi connectivity index (χ3n) is 1.58. The fraction of sp³-hybridized carbons (Fsp3) is 0.556. The van der Waals surface area contributed by atoms with E-state index >= 15 is 0 Å². The lowest BCUT2D eigenvalue weighted by atomic mass is 10.3. The molecule has 5 heteroatoms. The van der Waals surface area contributed by atoms with Crippen molar-refractivity contribution in [2.24, 2.45) is 0 Å². The molecule has 0 aliphatic rings. The van der Waals surface area contributed by atoms with Gasteiger partial charge in [0, 0.05) is 9.35 Å². The fourth-order valence-corrected chi connectivity index (χ4v) is 2.60. The number of rotatable bonds is 4. The molecule has 0 aromatic carbocycles. The molecule has 0 bridgehead atoms. The number of hydrogen-bond acceptors (Lipinski definition) is 3. The van der Waals surface area contributed by atoms with E-state index in [-0.39, 0.29) is 6.10 Å². The lowest BCUT2D eigenvalue weighted by Crippen LogP contribution is -2.10. The SMILES string of the molecule is CC(C)OCC(O)c1cc(Br)c(Cl)s1. The van der Waals surface area contributed by atoms with E-state index in [0.717, 1.165) is 9.35 Å². The molecule has 0 fully saturated rings. The molecule has 0 amide bonds. The van der Waals surface area contributed by atoms with E-state index in [1.54, 1.807) is 0 Å². The molecule has 1 heterocycles. The topological polar surface area (TPSA) is 29.5 Å². The Balaban J connectivity index is 2.56. The van der Waals surface area contributed by atoms with Crippen molar-refractivity contribution in [1.82, 2.24) is 0 Å². The number of halogens is 2. The Morgan fingerprint density at radius 3 is 2.71 bits per heavy atom. The molecule has 1 aromatic rings. The second-order valence-corrected chi connectivity index (χ2v) is 5.71.